The summed E-state index contributed by atoms with van der Waals surface area (Å²) in [6.07, 6.45) is 0.510. The minimum Gasteiger partial charge on any atom is -0.347 e. The van der Waals surface area contributed by atoms with Crippen LogP contribution in [0.4, 0.5) is 0 Å². The van der Waals surface area contributed by atoms with E-state index in [2.05, 4.69) is 10.4 Å². The van der Waals surface area contributed by atoms with Crippen molar-refractivity contribution in [3.63, 3.8) is 0 Å². The van der Waals surface area contributed by atoms with Gasteiger partial charge in [-0.1, -0.05) is 48.0 Å². The van der Waals surface area contributed by atoms with Crippen molar-refractivity contribution in [3.8, 4) is 0 Å². The van der Waals surface area contributed by atoms with Gasteiger partial charge in [0.1, 0.15) is 0 Å². The third-order valence-electron chi connectivity index (χ3n) is 5.34. The molecule has 0 atom stereocenters. The quantitative estimate of drug-likeness (QED) is 0.682. The molecule has 30 heavy (non-hydrogen) atoms. The first-order chi connectivity index (χ1) is 14.4. The van der Waals surface area contributed by atoms with Crippen LogP contribution in [0, 0.1) is 6.92 Å². The Morgan fingerprint density at radius 1 is 1.13 bits per heavy atom. The van der Waals surface area contributed by atoms with E-state index in [0.717, 1.165) is 16.8 Å². The maximum atomic E-state index is 13.0. The lowest BCUT2D eigenvalue weighted by molar-refractivity contribution is 0.0943. The summed E-state index contributed by atoms with van der Waals surface area (Å²) in [5, 5.41) is 7.30. The van der Waals surface area contributed by atoms with Gasteiger partial charge >= 0.3 is 0 Å². The first-order valence-electron chi connectivity index (χ1n) is 9.80. The van der Waals surface area contributed by atoms with Crippen LogP contribution >= 0.6 is 0 Å². The number of nitrogens with one attached hydrogen (secondary N) is 1. The Morgan fingerprint density at radius 3 is 2.63 bits per heavy atom. The van der Waals surface area contributed by atoms with Crippen molar-refractivity contribution >= 4 is 15.9 Å². The second-order valence-electron chi connectivity index (χ2n) is 7.47. The van der Waals surface area contributed by atoms with Crippen molar-refractivity contribution < 1.29 is 13.2 Å². The largest absolute Gasteiger partial charge is 0.347 e. The van der Waals surface area contributed by atoms with E-state index in [4.69, 9.17) is 0 Å². The number of hydrogen-bond donors (Lipinski definition) is 1. The Hall–Kier alpha value is -2.97. The van der Waals surface area contributed by atoms with E-state index in [1.807, 2.05) is 31.2 Å². The molecule has 2 heterocycles. The molecule has 0 bridgehead atoms. The minimum atomic E-state index is -3.63. The van der Waals surface area contributed by atoms with Gasteiger partial charge < -0.3 is 5.32 Å². The Balaban J connectivity index is 1.56. The molecule has 0 saturated carbocycles. The SMILES string of the molecule is Cc1cccc(CNC(=O)c2nn(C)c3c2CN(S(=O)(=O)c2ccccc2)CC3)c1. The molecule has 0 unspecified atom stereocenters. The Bertz CT molecular complexity index is 1190. The van der Waals surface area contributed by atoms with Gasteiger partial charge in [-0.2, -0.15) is 9.40 Å². The number of benzene rings is 2. The van der Waals surface area contributed by atoms with Crippen molar-refractivity contribution in [2.45, 2.75) is 31.3 Å². The highest BCUT2D eigenvalue weighted by molar-refractivity contribution is 7.89. The number of aromatic nitrogens is 2. The number of carbonyl (C=O) groups is 1. The average Bonchev–Trinajstić information content (AvgIpc) is 3.09. The predicted molar refractivity (Wildman–Crippen MR) is 113 cm³/mol. The van der Waals surface area contributed by atoms with E-state index in [0.29, 0.717) is 25.1 Å². The van der Waals surface area contributed by atoms with Crippen LogP contribution in [0.25, 0.3) is 0 Å². The van der Waals surface area contributed by atoms with Gasteiger partial charge in [0.2, 0.25) is 10.0 Å². The molecule has 1 aliphatic heterocycles. The zero-order valence-electron chi connectivity index (χ0n) is 17.0. The Morgan fingerprint density at radius 2 is 1.90 bits per heavy atom. The van der Waals surface area contributed by atoms with Gasteiger partial charge in [0.15, 0.2) is 5.69 Å². The van der Waals surface area contributed by atoms with Gasteiger partial charge in [0.05, 0.1) is 4.90 Å². The van der Waals surface area contributed by atoms with Crippen LogP contribution in [-0.2, 0) is 36.6 Å². The molecule has 1 aliphatic rings. The molecule has 0 fully saturated rings. The first-order valence-corrected chi connectivity index (χ1v) is 11.2. The lowest BCUT2D eigenvalue weighted by atomic mass is 10.1. The fraction of sp³-hybridized carbons (Fsp3) is 0.273. The number of rotatable bonds is 5. The predicted octanol–water partition coefficient (Wildman–Crippen LogP) is 2.41. The van der Waals surface area contributed by atoms with Crippen molar-refractivity contribution in [2.75, 3.05) is 6.54 Å². The highest BCUT2D eigenvalue weighted by atomic mass is 32.2. The number of aryl methyl sites for hydroxylation is 2. The third kappa shape index (κ3) is 3.88. The number of carbonyl (C=O) groups excluding carboxylic acids is 1. The smallest absolute Gasteiger partial charge is 0.272 e. The summed E-state index contributed by atoms with van der Waals surface area (Å²) in [5.74, 6) is -0.299. The molecular formula is C22H24N4O3S. The molecule has 2 aromatic carbocycles. The van der Waals surface area contributed by atoms with E-state index in [1.165, 1.54) is 4.31 Å². The number of nitrogens with zero attached hydrogens (tertiary/aromatic N) is 3. The highest BCUT2D eigenvalue weighted by Crippen LogP contribution is 2.27. The molecular weight excluding hydrogens is 400 g/mol. The van der Waals surface area contributed by atoms with Gasteiger partial charge in [0, 0.05) is 44.4 Å². The monoisotopic (exact) mass is 424 g/mol. The fourth-order valence-corrected chi connectivity index (χ4v) is 5.21. The Kier molecular flexibility index (Phi) is 5.44. The lowest BCUT2D eigenvalue weighted by Gasteiger charge is -2.26. The van der Waals surface area contributed by atoms with Crippen LogP contribution in [0.15, 0.2) is 59.5 Å². The zero-order chi connectivity index (χ0) is 21.3. The molecule has 4 rings (SSSR count). The van der Waals surface area contributed by atoms with Crippen molar-refractivity contribution in [2.24, 2.45) is 7.05 Å². The van der Waals surface area contributed by atoms with E-state index >= 15 is 0 Å². The van der Waals surface area contributed by atoms with Gasteiger partial charge in [-0.15, -0.1) is 0 Å². The van der Waals surface area contributed by atoms with Crippen LogP contribution < -0.4 is 5.32 Å². The molecule has 1 aromatic heterocycles. The molecule has 0 aliphatic carbocycles. The van der Waals surface area contributed by atoms with E-state index in [1.54, 1.807) is 42.1 Å². The maximum Gasteiger partial charge on any atom is 0.272 e. The molecule has 3 aromatic rings. The summed E-state index contributed by atoms with van der Waals surface area (Å²) in [5.41, 5.74) is 3.98. The fourth-order valence-electron chi connectivity index (χ4n) is 3.78. The van der Waals surface area contributed by atoms with Gasteiger partial charge in [-0.25, -0.2) is 8.42 Å². The Labute approximate surface area is 176 Å². The minimum absolute atomic E-state index is 0.133. The number of fused-ring (bicyclic) bond motifs is 1. The topological polar surface area (TPSA) is 84.3 Å². The van der Waals surface area contributed by atoms with Crippen LogP contribution in [-0.4, -0.2) is 35.0 Å². The van der Waals surface area contributed by atoms with Crippen LogP contribution in [0.3, 0.4) is 0 Å². The molecule has 0 saturated heterocycles. The molecule has 1 amide bonds. The number of amides is 1. The van der Waals surface area contributed by atoms with Crippen LogP contribution in [0.5, 0.6) is 0 Å². The van der Waals surface area contributed by atoms with Gasteiger partial charge in [-0.3, -0.25) is 9.48 Å². The van der Waals surface area contributed by atoms with Crippen molar-refractivity contribution in [3.05, 3.63) is 82.7 Å². The first kappa shape index (κ1) is 20.3. The standard InChI is InChI=1S/C22H24N4O3S/c1-16-7-6-8-17(13-16)14-23-22(27)21-19-15-26(12-11-20(19)25(2)24-21)30(28,29)18-9-4-3-5-10-18/h3-10,13H,11-12,14-15H2,1-2H3,(H,23,27). The second-order valence-corrected chi connectivity index (χ2v) is 9.41. The number of hydrogen-bond acceptors (Lipinski definition) is 4. The molecule has 7 nitrogen and oxygen atoms in total. The van der Waals surface area contributed by atoms with Gasteiger partial charge in [-0.05, 0) is 24.6 Å². The summed E-state index contributed by atoms with van der Waals surface area (Å²) in [7, 11) is -1.84. The van der Waals surface area contributed by atoms with E-state index < -0.39 is 10.0 Å². The summed E-state index contributed by atoms with van der Waals surface area (Å²) in [4.78, 5) is 13.1. The number of sulfonamides is 1. The summed E-state index contributed by atoms with van der Waals surface area (Å²) < 4.78 is 29.2. The van der Waals surface area contributed by atoms with Gasteiger partial charge in [0.25, 0.3) is 5.91 Å². The lowest BCUT2D eigenvalue weighted by Crippen LogP contribution is -2.37. The molecule has 0 spiro atoms. The van der Waals surface area contributed by atoms with E-state index in [-0.39, 0.29) is 23.0 Å². The summed E-state index contributed by atoms with van der Waals surface area (Å²) in [6, 6.07) is 16.3. The van der Waals surface area contributed by atoms with Crippen LogP contribution in [0.2, 0.25) is 0 Å². The summed E-state index contributed by atoms with van der Waals surface area (Å²) >= 11 is 0. The second kappa shape index (κ2) is 8.04. The molecule has 156 valence electrons. The maximum absolute atomic E-state index is 13.0. The third-order valence-corrected chi connectivity index (χ3v) is 7.20. The summed E-state index contributed by atoms with van der Waals surface area (Å²) in [6.45, 7) is 2.88. The van der Waals surface area contributed by atoms with E-state index in [9.17, 15) is 13.2 Å². The molecule has 0 radical (unpaired) electrons. The normalized spacial score (nSPS) is 14.3. The van der Waals surface area contributed by atoms with Crippen molar-refractivity contribution in [1.29, 1.82) is 0 Å². The van der Waals surface area contributed by atoms with Crippen LogP contribution in [0.1, 0.15) is 32.9 Å². The molecule has 1 N–H and O–H groups in total. The highest BCUT2D eigenvalue weighted by Gasteiger charge is 2.33. The molecule has 8 heteroatoms. The average molecular weight is 425 g/mol. The zero-order valence-corrected chi connectivity index (χ0v) is 17.8. The van der Waals surface area contributed by atoms with Crippen molar-refractivity contribution in [1.82, 2.24) is 19.4 Å².